The zero-order valence-electron chi connectivity index (χ0n) is 16.3. The fraction of sp³-hybridized carbons (Fsp3) is 0.333. The van der Waals surface area contributed by atoms with Gasteiger partial charge in [0.15, 0.2) is 18.1 Å². The van der Waals surface area contributed by atoms with Crippen LogP contribution in [0.15, 0.2) is 34.8 Å². The Morgan fingerprint density at radius 2 is 1.80 bits per heavy atom. The molecule has 9 heteroatoms. The summed E-state index contributed by atoms with van der Waals surface area (Å²) in [5.74, 6) is 0.578. The van der Waals surface area contributed by atoms with Crippen molar-refractivity contribution in [1.29, 1.82) is 0 Å². The van der Waals surface area contributed by atoms with Crippen molar-refractivity contribution in [1.82, 2.24) is 4.90 Å². The number of nitrogens with one attached hydrogen (secondary N) is 1. The van der Waals surface area contributed by atoms with E-state index in [1.54, 1.807) is 25.3 Å². The largest absolute Gasteiger partial charge is 0.493 e. The first kappa shape index (κ1) is 23.1. The average Bonchev–Trinajstić information content (AvgIpc) is 2.71. The molecule has 1 amide bonds. The third-order valence-electron chi connectivity index (χ3n) is 4.61. The van der Waals surface area contributed by atoms with Gasteiger partial charge in [0.1, 0.15) is 4.99 Å². The summed E-state index contributed by atoms with van der Waals surface area (Å²) < 4.78 is 11.9. The number of amides is 1. The average molecular weight is 532 g/mol. The summed E-state index contributed by atoms with van der Waals surface area (Å²) in [4.78, 5) is 15.3. The van der Waals surface area contributed by atoms with Crippen LogP contribution in [0.3, 0.4) is 0 Å². The van der Waals surface area contributed by atoms with Crippen molar-refractivity contribution in [3.8, 4) is 11.5 Å². The maximum Gasteiger partial charge on any atom is 0.262 e. The van der Waals surface area contributed by atoms with Crippen LogP contribution in [0.4, 0.5) is 5.69 Å². The molecule has 0 saturated carbocycles. The lowest BCUT2D eigenvalue weighted by Crippen LogP contribution is -2.34. The number of likely N-dealkylation sites (tertiary alicyclic amines) is 1. The van der Waals surface area contributed by atoms with Gasteiger partial charge in [-0.1, -0.05) is 35.4 Å². The van der Waals surface area contributed by atoms with E-state index in [9.17, 15) is 4.79 Å². The molecule has 2 aromatic carbocycles. The Bertz CT molecular complexity index is 932. The first-order valence-corrected chi connectivity index (χ1v) is 11.4. The first-order valence-electron chi connectivity index (χ1n) is 9.43. The van der Waals surface area contributed by atoms with Crippen LogP contribution in [-0.4, -0.2) is 42.6 Å². The van der Waals surface area contributed by atoms with Crippen LogP contribution in [0.1, 0.15) is 24.8 Å². The predicted octanol–water partition coefficient (Wildman–Crippen LogP) is 5.94. The number of benzene rings is 2. The van der Waals surface area contributed by atoms with Crippen molar-refractivity contribution >= 4 is 67.9 Å². The van der Waals surface area contributed by atoms with E-state index in [1.165, 1.54) is 6.42 Å². The Hall–Kier alpha value is -1.54. The summed E-state index contributed by atoms with van der Waals surface area (Å²) in [6.07, 6.45) is 3.53. The van der Waals surface area contributed by atoms with Crippen LogP contribution in [0.5, 0.6) is 11.5 Å². The molecule has 1 aliphatic rings. The number of nitrogens with zero attached hydrogens (tertiary/aromatic N) is 1. The van der Waals surface area contributed by atoms with Gasteiger partial charge in [-0.2, -0.15) is 0 Å². The SMILES string of the molecule is COc1cc(C(=S)N2CCCCC2)cc(Br)c1OCC(=O)Nc1cc(Cl)cc(Cl)c1. The molecule has 5 nitrogen and oxygen atoms in total. The molecular weight excluding hydrogens is 511 g/mol. The number of carbonyl (C=O) groups is 1. The second-order valence-corrected chi connectivity index (χ2v) is 8.95. The lowest BCUT2D eigenvalue weighted by molar-refractivity contribution is -0.118. The van der Waals surface area contributed by atoms with Gasteiger partial charge in [0.25, 0.3) is 5.91 Å². The van der Waals surface area contributed by atoms with Gasteiger partial charge in [-0.15, -0.1) is 0 Å². The van der Waals surface area contributed by atoms with Crippen LogP contribution < -0.4 is 14.8 Å². The first-order chi connectivity index (χ1) is 14.4. The van der Waals surface area contributed by atoms with E-state index < -0.39 is 0 Å². The van der Waals surface area contributed by atoms with E-state index in [2.05, 4.69) is 26.1 Å². The molecule has 0 atom stereocenters. The molecule has 0 bridgehead atoms. The molecule has 1 saturated heterocycles. The fourth-order valence-corrected chi connectivity index (χ4v) is 4.61. The van der Waals surface area contributed by atoms with Crippen LogP contribution in [0, 0.1) is 0 Å². The quantitative estimate of drug-likeness (QED) is 0.467. The van der Waals surface area contributed by atoms with Gasteiger partial charge in [0.05, 0.1) is 11.6 Å². The molecule has 30 heavy (non-hydrogen) atoms. The molecule has 0 aromatic heterocycles. The van der Waals surface area contributed by atoms with Gasteiger partial charge < -0.3 is 19.7 Å². The zero-order valence-corrected chi connectivity index (χ0v) is 20.3. The summed E-state index contributed by atoms with van der Waals surface area (Å²) in [6, 6.07) is 8.54. The summed E-state index contributed by atoms with van der Waals surface area (Å²) >= 11 is 21.1. The van der Waals surface area contributed by atoms with Gasteiger partial charge in [0.2, 0.25) is 0 Å². The normalized spacial score (nSPS) is 13.7. The lowest BCUT2D eigenvalue weighted by atomic mass is 10.1. The standard InChI is InChI=1S/C21H21BrCl2N2O3S/c1-28-18-8-13(21(30)26-5-3-2-4-6-26)7-17(22)20(18)29-12-19(27)25-16-10-14(23)9-15(24)11-16/h7-11H,2-6,12H2,1H3,(H,25,27). The van der Waals surface area contributed by atoms with E-state index in [0.29, 0.717) is 31.7 Å². The highest BCUT2D eigenvalue weighted by atomic mass is 79.9. The number of carbonyl (C=O) groups excluding carboxylic acids is 1. The highest BCUT2D eigenvalue weighted by Gasteiger charge is 2.19. The molecule has 0 unspecified atom stereocenters. The molecule has 1 aliphatic heterocycles. The van der Waals surface area contributed by atoms with Crippen molar-refractivity contribution in [3.05, 3.63) is 50.4 Å². The lowest BCUT2D eigenvalue weighted by Gasteiger charge is -2.29. The smallest absolute Gasteiger partial charge is 0.262 e. The third kappa shape index (κ3) is 6.00. The number of ether oxygens (including phenoxy) is 2. The number of hydrogen-bond donors (Lipinski definition) is 1. The topological polar surface area (TPSA) is 50.8 Å². The number of thiocarbonyl (C=S) groups is 1. The van der Waals surface area contributed by atoms with Crippen molar-refractivity contribution in [2.45, 2.75) is 19.3 Å². The summed E-state index contributed by atoms with van der Waals surface area (Å²) in [6.45, 7) is 1.71. The number of hydrogen-bond acceptors (Lipinski definition) is 4. The molecule has 0 aliphatic carbocycles. The summed E-state index contributed by atoms with van der Waals surface area (Å²) in [7, 11) is 1.55. The fourth-order valence-electron chi connectivity index (χ4n) is 3.22. The Labute approximate surface area is 199 Å². The van der Waals surface area contributed by atoms with Crippen LogP contribution >= 0.6 is 51.3 Å². The van der Waals surface area contributed by atoms with Crippen molar-refractivity contribution in [2.75, 3.05) is 32.1 Å². The van der Waals surface area contributed by atoms with E-state index in [1.807, 2.05) is 12.1 Å². The Kier molecular flexibility index (Phi) is 8.22. The molecule has 1 N–H and O–H groups in total. The summed E-state index contributed by atoms with van der Waals surface area (Å²) in [5, 5.41) is 3.57. The highest BCUT2D eigenvalue weighted by molar-refractivity contribution is 9.10. The minimum Gasteiger partial charge on any atom is -0.493 e. The number of anilines is 1. The number of methoxy groups -OCH3 is 1. The Balaban J connectivity index is 1.69. The van der Waals surface area contributed by atoms with E-state index in [0.717, 1.165) is 36.5 Å². The van der Waals surface area contributed by atoms with Crippen molar-refractivity contribution < 1.29 is 14.3 Å². The number of halogens is 3. The zero-order chi connectivity index (χ0) is 21.7. The van der Waals surface area contributed by atoms with Crippen molar-refractivity contribution in [2.24, 2.45) is 0 Å². The van der Waals surface area contributed by atoms with Gasteiger partial charge in [-0.25, -0.2) is 0 Å². The minimum absolute atomic E-state index is 0.213. The highest BCUT2D eigenvalue weighted by Crippen LogP contribution is 2.37. The predicted molar refractivity (Wildman–Crippen MR) is 128 cm³/mol. The van der Waals surface area contributed by atoms with Crippen LogP contribution in [0.25, 0.3) is 0 Å². The monoisotopic (exact) mass is 530 g/mol. The van der Waals surface area contributed by atoms with Crippen molar-refractivity contribution in [3.63, 3.8) is 0 Å². The molecule has 0 radical (unpaired) electrons. The second kappa shape index (κ2) is 10.7. The number of piperidine rings is 1. The van der Waals surface area contributed by atoms with Gasteiger partial charge in [0, 0.05) is 34.4 Å². The molecule has 1 heterocycles. The molecule has 2 aromatic rings. The Morgan fingerprint density at radius 3 is 2.43 bits per heavy atom. The van der Waals surface area contributed by atoms with Gasteiger partial charge in [-0.3, -0.25) is 4.79 Å². The molecule has 160 valence electrons. The van der Waals surface area contributed by atoms with Gasteiger partial charge >= 0.3 is 0 Å². The van der Waals surface area contributed by atoms with E-state index in [-0.39, 0.29) is 12.5 Å². The van der Waals surface area contributed by atoms with Gasteiger partial charge in [-0.05, 0) is 65.5 Å². The summed E-state index contributed by atoms with van der Waals surface area (Å²) in [5.41, 5.74) is 1.37. The molecule has 3 rings (SSSR count). The van der Waals surface area contributed by atoms with Crippen LogP contribution in [0.2, 0.25) is 10.0 Å². The number of rotatable bonds is 6. The maximum atomic E-state index is 12.3. The van der Waals surface area contributed by atoms with E-state index >= 15 is 0 Å². The minimum atomic E-state index is -0.352. The molecular formula is C21H21BrCl2N2O3S. The van der Waals surface area contributed by atoms with Crippen LogP contribution in [-0.2, 0) is 4.79 Å². The van der Waals surface area contributed by atoms with E-state index in [4.69, 9.17) is 44.9 Å². The Morgan fingerprint density at radius 1 is 1.13 bits per heavy atom. The second-order valence-electron chi connectivity index (χ2n) is 6.84. The molecule has 0 spiro atoms. The third-order valence-corrected chi connectivity index (χ3v) is 6.13. The molecule has 1 fully saturated rings. The maximum absolute atomic E-state index is 12.3.